The third kappa shape index (κ3) is 6.02. The van der Waals surface area contributed by atoms with Crippen LogP contribution in [0.5, 0.6) is 0 Å². The van der Waals surface area contributed by atoms with Gasteiger partial charge >= 0.3 is 6.03 Å². The number of carbonyl (C=O) groups excluding carboxylic acids is 2. The molecule has 1 aliphatic heterocycles. The molecule has 0 radical (unpaired) electrons. The fraction of sp³-hybridized carbons (Fsp3) is 0.846. The number of unbranched alkanes of at least 4 members (excludes halogenated alkanes) is 1. The Hall–Kier alpha value is -1.14. The minimum absolute atomic E-state index is 0.228. The van der Waals surface area contributed by atoms with E-state index in [1.165, 1.54) is 0 Å². The molecule has 110 valence electrons. The highest BCUT2D eigenvalue weighted by molar-refractivity contribution is 5.95. The van der Waals surface area contributed by atoms with Crippen molar-refractivity contribution in [1.29, 1.82) is 0 Å². The molecule has 4 N–H and O–H groups in total. The molecule has 0 aromatic heterocycles. The first-order chi connectivity index (χ1) is 9.02. The Morgan fingerprint density at radius 1 is 1.42 bits per heavy atom. The molecular formula is C13H26N4O2. The summed E-state index contributed by atoms with van der Waals surface area (Å²) in [7, 11) is 0. The topological polar surface area (TPSA) is 87.5 Å². The largest absolute Gasteiger partial charge is 0.338 e. The molecule has 0 aromatic rings. The van der Waals surface area contributed by atoms with Crippen LogP contribution >= 0.6 is 0 Å². The Morgan fingerprint density at radius 2 is 2.16 bits per heavy atom. The molecule has 0 saturated carbocycles. The van der Waals surface area contributed by atoms with Crippen molar-refractivity contribution in [3.63, 3.8) is 0 Å². The van der Waals surface area contributed by atoms with Crippen LogP contribution in [-0.2, 0) is 4.79 Å². The van der Waals surface area contributed by atoms with E-state index < -0.39 is 6.03 Å². The van der Waals surface area contributed by atoms with E-state index in [1.807, 2.05) is 6.92 Å². The third-order valence-electron chi connectivity index (χ3n) is 3.47. The number of hydrogen-bond donors (Lipinski definition) is 3. The van der Waals surface area contributed by atoms with Gasteiger partial charge in [0.25, 0.3) is 0 Å². The number of carbonyl (C=O) groups is 2. The fourth-order valence-corrected chi connectivity index (χ4v) is 2.27. The molecule has 1 heterocycles. The van der Waals surface area contributed by atoms with Crippen LogP contribution in [0.3, 0.4) is 0 Å². The SMILES string of the molecule is CCCCNC(=O)NC(=O)CN1CCC(N)CC1C. The first-order valence-corrected chi connectivity index (χ1v) is 7.10. The summed E-state index contributed by atoms with van der Waals surface area (Å²) < 4.78 is 0. The first kappa shape index (κ1) is 15.9. The average Bonchev–Trinajstić information content (AvgIpc) is 2.33. The lowest BCUT2D eigenvalue weighted by Crippen LogP contribution is -2.51. The maximum Gasteiger partial charge on any atom is 0.321 e. The Bertz CT molecular complexity index is 309. The van der Waals surface area contributed by atoms with Gasteiger partial charge in [-0.25, -0.2) is 4.79 Å². The summed E-state index contributed by atoms with van der Waals surface area (Å²) in [6.45, 7) is 5.79. The molecule has 0 aromatic carbocycles. The van der Waals surface area contributed by atoms with Crippen molar-refractivity contribution >= 4 is 11.9 Å². The second-order valence-corrected chi connectivity index (χ2v) is 5.26. The van der Waals surface area contributed by atoms with Crippen molar-refractivity contribution < 1.29 is 9.59 Å². The number of urea groups is 1. The van der Waals surface area contributed by atoms with Gasteiger partial charge in [-0.05, 0) is 26.2 Å². The summed E-state index contributed by atoms with van der Waals surface area (Å²) in [5.74, 6) is -0.253. The van der Waals surface area contributed by atoms with Crippen LogP contribution in [0.25, 0.3) is 0 Å². The molecule has 0 bridgehead atoms. The maximum absolute atomic E-state index is 11.7. The molecule has 2 unspecified atom stereocenters. The predicted molar refractivity (Wildman–Crippen MR) is 74.7 cm³/mol. The minimum Gasteiger partial charge on any atom is -0.338 e. The van der Waals surface area contributed by atoms with Crippen LogP contribution in [0.15, 0.2) is 0 Å². The zero-order valence-electron chi connectivity index (χ0n) is 11.9. The molecule has 1 rings (SSSR count). The molecule has 3 amide bonds. The van der Waals surface area contributed by atoms with E-state index in [4.69, 9.17) is 5.73 Å². The molecule has 6 nitrogen and oxygen atoms in total. The van der Waals surface area contributed by atoms with Crippen LogP contribution in [0.4, 0.5) is 4.79 Å². The Morgan fingerprint density at radius 3 is 2.79 bits per heavy atom. The highest BCUT2D eigenvalue weighted by Crippen LogP contribution is 2.14. The van der Waals surface area contributed by atoms with Crippen molar-refractivity contribution in [3.05, 3.63) is 0 Å². The number of rotatable bonds is 5. The molecule has 1 fully saturated rings. The van der Waals surface area contributed by atoms with Gasteiger partial charge in [0, 0.05) is 25.2 Å². The van der Waals surface area contributed by atoms with Crippen LogP contribution < -0.4 is 16.4 Å². The monoisotopic (exact) mass is 270 g/mol. The Balaban J connectivity index is 2.25. The smallest absolute Gasteiger partial charge is 0.321 e. The molecule has 0 aliphatic carbocycles. The Kier molecular flexibility index (Phi) is 6.80. The molecule has 0 spiro atoms. The van der Waals surface area contributed by atoms with Crippen LogP contribution in [0, 0.1) is 0 Å². The number of likely N-dealkylation sites (tertiary alicyclic amines) is 1. The Labute approximate surface area is 115 Å². The van der Waals surface area contributed by atoms with Gasteiger partial charge in [0.1, 0.15) is 0 Å². The second kappa shape index (κ2) is 8.12. The number of imide groups is 1. The highest BCUT2D eigenvalue weighted by atomic mass is 16.2. The van der Waals surface area contributed by atoms with E-state index in [-0.39, 0.29) is 24.5 Å². The van der Waals surface area contributed by atoms with Crippen molar-refractivity contribution in [2.24, 2.45) is 5.73 Å². The van der Waals surface area contributed by atoms with E-state index >= 15 is 0 Å². The fourth-order valence-electron chi connectivity index (χ4n) is 2.27. The zero-order chi connectivity index (χ0) is 14.3. The summed E-state index contributed by atoms with van der Waals surface area (Å²) in [6, 6.07) is 0.115. The van der Waals surface area contributed by atoms with Crippen molar-refractivity contribution in [1.82, 2.24) is 15.5 Å². The standard InChI is InChI=1S/C13H26N4O2/c1-3-4-6-15-13(19)16-12(18)9-17-7-5-11(14)8-10(17)2/h10-11H,3-9,14H2,1-2H3,(H2,15,16,18,19). The van der Waals surface area contributed by atoms with Gasteiger partial charge in [-0.3, -0.25) is 15.0 Å². The molecule has 19 heavy (non-hydrogen) atoms. The van der Waals surface area contributed by atoms with E-state index in [2.05, 4.69) is 22.5 Å². The number of piperidine rings is 1. The second-order valence-electron chi connectivity index (χ2n) is 5.26. The summed E-state index contributed by atoms with van der Waals surface area (Å²) in [5, 5.41) is 5.02. The van der Waals surface area contributed by atoms with Gasteiger partial charge in [-0.15, -0.1) is 0 Å². The molecule has 6 heteroatoms. The van der Waals surface area contributed by atoms with Gasteiger partial charge in [0.15, 0.2) is 0 Å². The minimum atomic E-state index is -0.403. The normalized spacial score (nSPS) is 23.9. The van der Waals surface area contributed by atoms with E-state index in [9.17, 15) is 9.59 Å². The number of hydrogen-bond acceptors (Lipinski definition) is 4. The number of nitrogens with zero attached hydrogens (tertiary/aromatic N) is 1. The zero-order valence-corrected chi connectivity index (χ0v) is 11.9. The van der Waals surface area contributed by atoms with Crippen molar-refractivity contribution in [2.45, 2.75) is 51.6 Å². The summed E-state index contributed by atoms with van der Waals surface area (Å²) in [4.78, 5) is 25.2. The van der Waals surface area contributed by atoms with Gasteiger partial charge in [0.05, 0.1) is 6.54 Å². The van der Waals surface area contributed by atoms with Crippen molar-refractivity contribution in [2.75, 3.05) is 19.6 Å². The van der Waals surface area contributed by atoms with E-state index in [1.54, 1.807) is 0 Å². The van der Waals surface area contributed by atoms with Crippen LogP contribution in [0.1, 0.15) is 39.5 Å². The number of nitrogens with one attached hydrogen (secondary N) is 2. The summed E-state index contributed by atoms with van der Waals surface area (Å²) >= 11 is 0. The van der Waals surface area contributed by atoms with Gasteiger partial charge in [-0.2, -0.15) is 0 Å². The first-order valence-electron chi connectivity index (χ1n) is 7.10. The van der Waals surface area contributed by atoms with Gasteiger partial charge in [0.2, 0.25) is 5.91 Å². The third-order valence-corrected chi connectivity index (χ3v) is 3.47. The molecule has 2 atom stereocenters. The van der Waals surface area contributed by atoms with Gasteiger partial charge < -0.3 is 11.1 Å². The number of nitrogens with two attached hydrogens (primary N) is 1. The number of amides is 3. The van der Waals surface area contributed by atoms with Crippen molar-refractivity contribution in [3.8, 4) is 0 Å². The van der Waals surface area contributed by atoms with Crippen LogP contribution in [-0.4, -0.2) is 48.6 Å². The lowest BCUT2D eigenvalue weighted by Gasteiger charge is -2.35. The molecule has 1 aliphatic rings. The van der Waals surface area contributed by atoms with E-state index in [0.29, 0.717) is 6.54 Å². The molecular weight excluding hydrogens is 244 g/mol. The average molecular weight is 270 g/mol. The maximum atomic E-state index is 11.7. The predicted octanol–water partition coefficient (Wildman–Crippen LogP) is 0.424. The van der Waals surface area contributed by atoms with Gasteiger partial charge in [-0.1, -0.05) is 13.3 Å². The molecule has 1 saturated heterocycles. The summed E-state index contributed by atoms with van der Waals surface area (Å²) in [6.07, 6.45) is 3.73. The quantitative estimate of drug-likeness (QED) is 0.632. The lowest BCUT2D eigenvalue weighted by atomic mass is 9.99. The van der Waals surface area contributed by atoms with E-state index in [0.717, 1.165) is 32.2 Å². The van der Waals surface area contributed by atoms with Crippen LogP contribution in [0.2, 0.25) is 0 Å². The summed E-state index contributed by atoms with van der Waals surface area (Å²) in [5.41, 5.74) is 5.88. The highest BCUT2D eigenvalue weighted by Gasteiger charge is 2.25. The lowest BCUT2D eigenvalue weighted by molar-refractivity contribution is -0.122.